The second-order valence-corrected chi connectivity index (χ2v) is 11.8. The van der Waals surface area contributed by atoms with Crippen molar-refractivity contribution in [3.8, 4) is 23.8 Å². The fourth-order valence-corrected chi connectivity index (χ4v) is 7.35. The first-order valence-electron chi connectivity index (χ1n) is 11.6. The number of para-hydroxylation sites is 1. The number of carbonyl (C=O) groups excluding carboxylic acids is 1. The number of allylic oxidation sites excluding steroid dienone is 1. The van der Waals surface area contributed by atoms with E-state index in [1.54, 1.807) is 13.8 Å². The Morgan fingerprint density at radius 1 is 1.37 bits per heavy atom. The van der Waals surface area contributed by atoms with E-state index in [0.717, 1.165) is 23.6 Å². The van der Waals surface area contributed by atoms with Gasteiger partial charge in [0.1, 0.15) is 41.9 Å². The molecule has 2 aromatic carbocycles. The zero-order chi connectivity index (χ0) is 27.2. The lowest BCUT2D eigenvalue weighted by atomic mass is 9.88. The first kappa shape index (κ1) is 25.4. The predicted octanol–water partition coefficient (Wildman–Crippen LogP) is 4.40. The molecule has 1 amide bonds. The number of hydrogen-bond donors (Lipinski definition) is 2. The summed E-state index contributed by atoms with van der Waals surface area (Å²) in [5.41, 5.74) is -0.383. The monoisotopic (exact) mass is 537 g/mol. The van der Waals surface area contributed by atoms with Crippen LogP contribution in [-0.4, -0.2) is 36.8 Å². The summed E-state index contributed by atoms with van der Waals surface area (Å²) < 4.78 is 53.9. The van der Waals surface area contributed by atoms with E-state index >= 15 is 4.39 Å². The van der Waals surface area contributed by atoms with E-state index in [9.17, 15) is 18.3 Å². The fraction of sp³-hybridized carbons (Fsp3) is 0.259. The molecule has 0 bridgehead atoms. The maximum absolute atomic E-state index is 15.8. The number of phenolic OH excluding ortho intramolecular Hbond substituents is 1. The first-order valence-corrected chi connectivity index (χ1v) is 13.3. The Labute approximate surface area is 218 Å². The van der Waals surface area contributed by atoms with Crippen LogP contribution >= 0.6 is 0 Å². The molecule has 2 aliphatic rings. The molecule has 2 N–H and O–H groups in total. The number of nitrogens with one attached hydrogen (secondary N) is 1. The third kappa shape index (κ3) is 4.37. The van der Waals surface area contributed by atoms with Crippen LogP contribution in [0.4, 0.5) is 15.8 Å². The van der Waals surface area contributed by atoms with E-state index in [2.05, 4.69) is 16.2 Å². The molecular weight excluding hydrogens is 513 g/mol. The summed E-state index contributed by atoms with van der Waals surface area (Å²) >= 11 is 0. The minimum Gasteiger partial charge on any atom is -0.506 e. The number of anilines is 2. The molecule has 0 radical (unpaired) electrons. The second kappa shape index (κ2) is 9.22. The molecule has 0 fully saturated rings. The molecule has 0 saturated carbocycles. The summed E-state index contributed by atoms with van der Waals surface area (Å²) in [7, 11) is -4.05. The molecule has 5 rings (SSSR count). The van der Waals surface area contributed by atoms with Gasteiger partial charge in [-0.05, 0) is 36.1 Å². The number of aromatic hydroxyl groups is 1. The van der Waals surface area contributed by atoms with Gasteiger partial charge < -0.3 is 19.6 Å². The summed E-state index contributed by atoms with van der Waals surface area (Å²) in [6.45, 7) is 3.52. The number of rotatable bonds is 4. The second-order valence-electron chi connectivity index (χ2n) is 9.87. The average molecular weight is 538 g/mol. The number of oxazole rings is 1. The SMILES string of the molecule is C#CCOc1ccc(C2C3=C(CC(C)(C)CS3(=O)=O)Nc3c(O)cccc3N2C(=O)c2cocn2)c(F)c1. The van der Waals surface area contributed by atoms with Crippen LogP contribution in [0, 0.1) is 23.6 Å². The van der Waals surface area contributed by atoms with Gasteiger partial charge in [0.25, 0.3) is 5.91 Å². The fourth-order valence-electron chi connectivity index (χ4n) is 4.99. The normalized spacial score (nSPS) is 19.4. The Bertz CT molecular complexity index is 1610. The smallest absolute Gasteiger partial charge is 0.281 e. The summed E-state index contributed by atoms with van der Waals surface area (Å²) in [5, 5.41) is 13.9. The number of aromatic nitrogens is 1. The molecule has 9 nitrogen and oxygen atoms in total. The number of terminal acetylenes is 1. The van der Waals surface area contributed by atoms with E-state index in [1.807, 2.05) is 0 Å². The van der Waals surface area contributed by atoms with Crippen LogP contribution in [-0.2, 0) is 9.84 Å². The van der Waals surface area contributed by atoms with E-state index in [4.69, 9.17) is 15.6 Å². The van der Waals surface area contributed by atoms with Crippen molar-refractivity contribution >= 4 is 27.1 Å². The van der Waals surface area contributed by atoms with Gasteiger partial charge in [-0.3, -0.25) is 9.69 Å². The lowest BCUT2D eigenvalue weighted by molar-refractivity contribution is 0.0975. The number of phenols is 1. The van der Waals surface area contributed by atoms with Gasteiger partial charge in [-0.25, -0.2) is 17.8 Å². The van der Waals surface area contributed by atoms with E-state index in [0.29, 0.717) is 0 Å². The molecule has 3 aromatic rings. The number of amides is 1. The maximum Gasteiger partial charge on any atom is 0.281 e. The zero-order valence-corrected chi connectivity index (χ0v) is 21.4. The number of nitrogens with zero attached hydrogens (tertiary/aromatic N) is 2. The van der Waals surface area contributed by atoms with Gasteiger partial charge in [-0.1, -0.05) is 25.8 Å². The number of halogens is 1. The Kier molecular flexibility index (Phi) is 6.15. The lowest BCUT2D eigenvalue weighted by Crippen LogP contribution is -2.41. The summed E-state index contributed by atoms with van der Waals surface area (Å²) in [5.74, 6) is 0.443. The summed E-state index contributed by atoms with van der Waals surface area (Å²) in [6.07, 6.45) is 7.67. The van der Waals surface area contributed by atoms with Crippen molar-refractivity contribution in [2.75, 3.05) is 22.6 Å². The van der Waals surface area contributed by atoms with Crippen LogP contribution < -0.4 is 15.0 Å². The van der Waals surface area contributed by atoms with Crippen LogP contribution in [0.25, 0.3) is 0 Å². The van der Waals surface area contributed by atoms with Gasteiger partial charge in [0.05, 0.1) is 16.3 Å². The van der Waals surface area contributed by atoms with Crippen LogP contribution in [0.5, 0.6) is 11.5 Å². The topological polar surface area (TPSA) is 122 Å². The van der Waals surface area contributed by atoms with Gasteiger partial charge in [0.2, 0.25) is 0 Å². The molecule has 11 heteroatoms. The van der Waals surface area contributed by atoms with Crippen molar-refractivity contribution in [3.63, 3.8) is 0 Å². The average Bonchev–Trinajstić information content (AvgIpc) is 3.32. The highest BCUT2D eigenvalue weighted by atomic mass is 32.2. The van der Waals surface area contributed by atoms with E-state index in [1.165, 1.54) is 30.3 Å². The standard InChI is InChI=1S/C27H24FN3O6S/c1-4-10-37-16-8-9-17(18(28)11-16)24-25-19(12-27(2,3)14-38(25,34)35)30-23-21(6-5-7-22(23)32)31(24)26(33)20-13-36-15-29-20/h1,5-9,11,13,15,24,30,32H,10,12,14H2,2-3H3. The van der Waals surface area contributed by atoms with Crippen molar-refractivity contribution in [1.82, 2.24) is 4.98 Å². The minimum absolute atomic E-state index is 0.0890. The molecule has 1 atom stereocenters. The molecule has 38 heavy (non-hydrogen) atoms. The van der Waals surface area contributed by atoms with Gasteiger partial charge >= 0.3 is 0 Å². The number of sulfone groups is 1. The van der Waals surface area contributed by atoms with Crippen LogP contribution in [0.3, 0.4) is 0 Å². The first-order chi connectivity index (χ1) is 18.0. The Morgan fingerprint density at radius 3 is 2.84 bits per heavy atom. The van der Waals surface area contributed by atoms with Crippen molar-refractivity contribution in [3.05, 3.63) is 76.7 Å². The predicted molar refractivity (Wildman–Crippen MR) is 138 cm³/mol. The molecule has 196 valence electrons. The Hall–Kier alpha value is -4.30. The van der Waals surface area contributed by atoms with Gasteiger partial charge in [0.15, 0.2) is 21.9 Å². The summed E-state index contributed by atoms with van der Waals surface area (Å²) in [6, 6.07) is 6.92. The maximum atomic E-state index is 15.8. The van der Waals surface area contributed by atoms with Gasteiger partial charge in [-0.2, -0.15) is 0 Å². The number of carbonyl (C=O) groups is 1. The van der Waals surface area contributed by atoms with Crippen molar-refractivity contribution in [2.24, 2.45) is 5.41 Å². The van der Waals surface area contributed by atoms with E-state index in [-0.39, 0.29) is 63.5 Å². The van der Waals surface area contributed by atoms with Gasteiger partial charge in [-0.15, -0.1) is 6.42 Å². The Balaban J connectivity index is 1.83. The number of fused-ring (bicyclic) bond motifs is 1. The van der Waals surface area contributed by atoms with Crippen molar-refractivity contribution in [1.29, 1.82) is 0 Å². The highest BCUT2D eigenvalue weighted by Gasteiger charge is 2.48. The third-order valence-corrected chi connectivity index (χ3v) is 8.69. The van der Waals surface area contributed by atoms with Crippen LogP contribution in [0.2, 0.25) is 0 Å². The highest BCUT2D eigenvalue weighted by molar-refractivity contribution is 7.95. The molecule has 0 aliphatic carbocycles. The lowest BCUT2D eigenvalue weighted by Gasteiger charge is -2.37. The molecule has 2 aliphatic heterocycles. The molecular formula is C27H24FN3O6S. The largest absolute Gasteiger partial charge is 0.506 e. The minimum atomic E-state index is -4.05. The molecule has 1 aromatic heterocycles. The molecule has 0 spiro atoms. The number of ether oxygens (including phenoxy) is 1. The molecule has 1 unspecified atom stereocenters. The Morgan fingerprint density at radius 2 is 2.16 bits per heavy atom. The van der Waals surface area contributed by atoms with E-state index < -0.39 is 33.0 Å². The van der Waals surface area contributed by atoms with Crippen LogP contribution in [0.15, 0.2) is 64.1 Å². The van der Waals surface area contributed by atoms with Crippen molar-refractivity contribution in [2.45, 2.75) is 26.3 Å². The van der Waals surface area contributed by atoms with Gasteiger partial charge in [0, 0.05) is 17.3 Å². The molecule has 3 heterocycles. The van der Waals surface area contributed by atoms with Crippen molar-refractivity contribution < 1.29 is 31.9 Å². The molecule has 0 saturated heterocycles. The third-order valence-electron chi connectivity index (χ3n) is 6.39. The number of benzene rings is 2. The van der Waals surface area contributed by atoms with Crippen LogP contribution in [0.1, 0.15) is 42.4 Å². The number of hydrogen-bond acceptors (Lipinski definition) is 8. The quantitative estimate of drug-likeness (QED) is 0.371. The zero-order valence-electron chi connectivity index (χ0n) is 20.6. The summed E-state index contributed by atoms with van der Waals surface area (Å²) in [4.78, 5) is 18.8. The highest BCUT2D eigenvalue weighted by Crippen LogP contribution is 2.51.